The third-order valence-corrected chi connectivity index (χ3v) is 5.11. The molecule has 0 spiro atoms. The summed E-state index contributed by atoms with van der Waals surface area (Å²) in [7, 11) is 0. The van der Waals surface area contributed by atoms with Gasteiger partial charge in [0, 0.05) is 26.1 Å². The van der Waals surface area contributed by atoms with E-state index in [-0.39, 0.29) is 37.4 Å². The summed E-state index contributed by atoms with van der Waals surface area (Å²) in [6.45, 7) is 3.96. The minimum absolute atomic E-state index is 0.0144. The van der Waals surface area contributed by atoms with Crippen molar-refractivity contribution in [1.29, 1.82) is 0 Å². The van der Waals surface area contributed by atoms with Gasteiger partial charge in [0.2, 0.25) is 11.8 Å². The molecule has 3 rings (SSSR count). The van der Waals surface area contributed by atoms with E-state index in [0.717, 1.165) is 18.0 Å². The van der Waals surface area contributed by atoms with Crippen LogP contribution in [0.25, 0.3) is 0 Å². The van der Waals surface area contributed by atoms with E-state index in [9.17, 15) is 19.5 Å². The Morgan fingerprint density at radius 1 is 1.21 bits per heavy atom. The van der Waals surface area contributed by atoms with Gasteiger partial charge in [0.15, 0.2) is 0 Å². The van der Waals surface area contributed by atoms with Crippen molar-refractivity contribution in [3.63, 3.8) is 0 Å². The molecule has 0 unspecified atom stereocenters. The summed E-state index contributed by atoms with van der Waals surface area (Å²) < 4.78 is 0. The molecule has 3 aliphatic rings. The SMILES string of the molecule is O=C(CCCN1C(=O)CNC1=O)N1CC[C@@](O)(CN2CCCC2)C1. The van der Waals surface area contributed by atoms with Gasteiger partial charge in [-0.15, -0.1) is 0 Å². The number of β-amino-alcohol motifs (C(OH)–C–C–N with tert-alkyl or cyclic N) is 1. The first kappa shape index (κ1) is 17.2. The normalized spacial score (nSPS) is 28.0. The first-order valence-electron chi connectivity index (χ1n) is 8.78. The highest BCUT2D eigenvalue weighted by molar-refractivity contribution is 6.01. The van der Waals surface area contributed by atoms with Crippen molar-refractivity contribution in [2.24, 2.45) is 0 Å². The lowest BCUT2D eigenvalue weighted by atomic mass is 10.0. The third-order valence-electron chi connectivity index (χ3n) is 5.11. The fourth-order valence-electron chi connectivity index (χ4n) is 3.78. The quantitative estimate of drug-likeness (QED) is 0.630. The average Bonchev–Trinajstić information content (AvgIpc) is 3.25. The molecule has 1 atom stereocenters. The lowest BCUT2D eigenvalue weighted by Crippen LogP contribution is -2.45. The summed E-state index contributed by atoms with van der Waals surface area (Å²) in [5.41, 5.74) is -0.801. The molecule has 4 amide bonds. The van der Waals surface area contributed by atoms with Gasteiger partial charge in [-0.05, 0) is 38.8 Å². The molecule has 0 aromatic carbocycles. The zero-order chi connectivity index (χ0) is 17.2. The second kappa shape index (κ2) is 7.06. The summed E-state index contributed by atoms with van der Waals surface area (Å²) in [6.07, 6.45) is 3.72. The van der Waals surface area contributed by atoms with Gasteiger partial charge in [-0.1, -0.05) is 0 Å². The summed E-state index contributed by atoms with van der Waals surface area (Å²) in [4.78, 5) is 40.3. The molecule has 8 nitrogen and oxygen atoms in total. The number of carbonyl (C=O) groups excluding carboxylic acids is 3. The van der Waals surface area contributed by atoms with Crippen molar-refractivity contribution in [1.82, 2.24) is 20.0 Å². The lowest BCUT2D eigenvalue weighted by molar-refractivity contribution is -0.132. The van der Waals surface area contributed by atoms with E-state index in [1.165, 1.54) is 12.8 Å². The van der Waals surface area contributed by atoms with Gasteiger partial charge >= 0.3 is 6.03 Å². The van der Waals surface area contributed by atoms with Crippen molar-refractivity contribution in [2.75, 3.05) is 45.8 Å². The van der Waals surface area contributed by atoms with Gasteiger partial charge in [-0.3, -0.25) is 14.5 Å². The highest BCUT2D eigenvalue weighted by Crippen LogP contribution is 2.25. The van der Waals surface area contributed by atoms with Gasteiger partial charge in [0.05, 0.1) is 18.7 Å². The standard InChI is InChI=1S/C16H26N4O4/c21-13(4-3-8-20-14(22)10-17-15(20)23)19-9-5-16(24,12-19)11-18-6-1-2-7-18/h24H,1-12H2,(H,17,23)/t16-/m1/s1. The number of aliphatic hydroxyl groups is 1. The second-order valence-corrected chi connectivity index (χ2v) is 7.08. The summed E-state index contributed by atoms with van der Waals surface area (Å²) in [6, 6.07) is -0.381. The number of urea groups is 1. The second-order valence-electron chi connectivity index (χ2n) is 7.08. The molecule has 0 aromatic rings. The Bertz CT molecular complexity index is 504. The molecule has 24 heavy (non-hydrogen) atoms. The molecule has 3 heterocycles. The van der Waals surface area contributed by atoms with Crippen molar-refractivity contribution >= 4 is 17.8 Å². The molecule has 3 fully saturated rings. The molecule has 2 N–H and O–H groups in total. The molecule has 134 valence electrons. The number of nitrogens with zero attached hydrogens (tertiary/aromatic N) is 3. The first-order chi connectivity index (χ1) is 11.5. The monoisotopic (exact) mass is 338 g/mol. The maximum atomic E-state index is 12.3. The minimum atomic E-state index is -0.801. The van der Waals surface area contributed by atoms with Crippen LogP contribution in [-0.4, -0.2) is 89.1 Å². The van der Waals surface area contributed by atoms with Gasteiger partial charge in [0.1, 0.15) is 0 Å². The number of imide groups is 1. The minimum Gasteiger partial charge on any atom is -0.387 e. The Labute approximate surface area is 141 Å². The maximum Gasteiger partial charge on any atom is 0.324 e. The van der Waals surface area contributed by atoms with Crippen LogP contribution in [0.5, 0.6) is 0 Å². The summed E-state index contributed by atoms with van der Waals surface area (Å²) in [5.74, 6) is -0.256. The Morgan fingerprint density at radius 3 is 2.62 bits per heavy atom. The Morgan fingerprint density at radius 2 is 1.96 bits per heavy atom. The van der Waals surface area contributed by atoms with E-state index in [1.807, 2.05) is 0 Å². The number of rotatable bonds is 6. The van der Waals surface area contributed by atoms with Crippen LogP contribution in [-0.2, 0) is 9.59 Å². The van der Waals surface area contributed by atoms with Crippen LogP contribution >= 0.6 is 0 Å². The van der Waals surface area contributed by atoms with Gasteiger partial charge in [0.25, 0.3) is 0 Å². The molecule has 0 aliphatic carbocycles. The van der Waals surface area contributed by atoms with E-state index in [2.05, 4.69) is 10.2 Å². The van der Waals surface area contributed by atoms with Crippen molar-refractivity contribution < 1.29 is 19.5 Å². The molecule has 3 saturated heterocycles. The number of nitrogens with one attached hydrogen (secondary N) is 1. The number of carbonyl (C=O) groups is 3. The third kappa shape index (κ3) is 3.87. The maximum absolute atomic E-state index is 12.3. The largest absolute Gasteiger partial charge is 0.387 e. The molecule has 8 heteroatoms. The van der Waals surface area contributed by atoms with Crippen LogP contribution in [0.2, 0.25) is 0 Å². The number of likely N-dealkylation sites (tertiary alicyclic amines) is 2. The molecule has 3 aliphatic heterocycles. The van der Waals surface area contributed by atoms with Crippen LogP contribution in [0.4, 0.5) is 4.79 Å². The molecule has 0 bridgehead atoms. The number of hydrogen-bond donors (Lipinski definition) is 2. The van der Waals surface area contributed by atoms with E-state index >= 15 is 0 Å². The van der Waals surface area contributed by atoms with Crippen molar-refractivity contribution in [3.8, 4) is 0 Å². The Hall–Kier alpha value is -1.67. The topological polar surface area (TPSA) is 93.2 Å². The zero-order valence-corrected chi connectivity index (χ0v) is 14.0. The van der Waals surface area contributed by atoms with Gasteiger partial charge in [-0.2, -0.15) is 0 Å². The zero-order valence-electron chi connectivity index (χ0n) is 14.0. The Balaban J connectivity index is 1.41. The van der Waals surface area contributed by atoms with E-state index in [1.54, 1.807) is 4.90 Å². The fourth-order valence-corrected chi connectivity index (χ4v) is 3.78. The number of amides is 4. The van der Waals surface area contributed by atoms with Crippen LogP contribution in [0.15, 0.2) is 0 Å². The van der Waals surface area contributed by atoms with Crippen LogP contribution in [0.1, 0.15) is 32.1 Å². The van der Waals surface area contributed by atoms with Gasteiger partial charge < -0.3 is 20.2 Å². The highest BCUT2D eigenvalue weighted by Gasteiger charge is 2.39. The molecular weight excluding hydrogens is 312 g/mol. The number of hydrogen-bond acceptors (Lipinski definition) is 5. The molecular formula is C16H26N4O4. The van der Waals surface area contributed by atoms with Crippen LogP contribution in [0.3, 0.4) is 0 Å². The van der Waals surface area contributed by atoms with Crippen LogP contribution < -0.4 is 5.32 Å². The van der Waals surface area contributed by atoms with Crippen LogP contribution in [0, 0.1) is 0 Å². The summed E-state index contributed by atoms with van der Waals surface area (Å²) >= 11 is 0. The predicted octanol–water partition coefficient (Wildman–Crippen LogP) is -0.622. The molecule has 0 aromatic heterocycles. The fraction of sp³-hybridized carbons (Fsp3) is 0.812. The van der Waals surface area contributed by atoms with E-state index in [4.69, 9.17) is 0 Å². The lowest BCUT2D eigenvalue weighted by Gasteiger charge is -2.28. The summed E-state index contributed by atoms with van der Waals surface area (Å²) in [5, 5.41) is 13.2. The van der Waals surface area contributed by atoms with Gasteiger partial charge in [-0.25, -0.2) is 4.79 Å². The average molecular weight is 338 g/mol. The van der Waals surface area contributed by atoms with Crippen molar-refractivity contribution in [2.45, 2.75) is 37.7 Å². The predicted molar refractivity (Wildman–Crippen MR) is 86.2 cm³/mol. The van der Waals surface area contributed by atoms with Crippen molar-refractivity contribution in [3.05, 3.63) is 0 Å². The Kier molecular flexibility index (Phi) is 5.05. The first-order valence-corrected chi connectivity index (χ1v) is 8.78. The smallest absolute Gasteiger partial charge is 0.324 e. The molecule has 0 radical (unpaired) electrons. The highest BCUT2D eigenvalue weighted by atomic mass is 16.3. The molecule has 0 saturated carbocycles. The van der Waals surface area contributed by atoms with E-state index in [0.29, 0.717) is 32.5 Å². The van der Waals surface area contributed by atoms with E-state index < -0.39 is 5.60 Å².